The van der Waals surface area contributed by atoms with Gasteiger partial charge in [-0.15, -0.1) is 11.3 Å². The molecule has 0 spiro atoms. The molecule has 3 rings (SSSR count). The normalized spacial score (nSPS) is 11.4. The zero-order chi connectivity index (χ0) is 20.1. The SMILES string of the molecule is CN(Cc1cccs1)C(=O)c1ccc(Cl)c(S(=O)(=O)NCc2ccccc2)c1. The van der Waals surface area contributed by atoms with Crippen LogP contribution in [0.2, 0.25) is 5.02 Å². The highest BCUT2D eigenvalue weighted by molar-refractivity contribution is 7.89. The summed E-state index contributed by atoms with van der Waals surface area (Å²) in [4.78, 5) is 15.2. The number of sulfonamides is 1. The van der Waals surface area contributed by atoms with E-state index in [0.717, 1.165) is 10.4 Å². The van der Waals surface area contributed by atoms with Crippen molar-refractivity contribution in [3.8, 4) is 0 Å². The van der Waals surface area contributed by atoms with Gasteiger partial charge in [-0.3, -0.25) is 4.79 Å². The smallest absolute Gasteiger partial charge is 0.253 e. The van der Waals surface area contributed by atoms with Crippen LogP contribution in [0.5, 0.6) is 0 Å². The largest absolute Gasteiger partial charge is 0.337 e. The van der Waals surface area contributed by atoms with E-state index in [9.17, 15) is 13.2 Å². The van der Waals surface area contributed by atoms with E-state index in [0.29, 0.717) is 6.54 Å². The molecule has 0 saturated heterocycles. The maximum Gasteiger partial charge on any atom is 0.253 e. The van der Waals surface area contributed by atoms with Crippen molar-refractivity contribution >= 4 is 38.9 Å². The summed E-state index contributed by atoms with van der Waals surface area (Å²) < 4.78 is 27.9. The van der Waals surface area contributed by atoms with Gasteiger partial charge in [-0.1, -0.05) is 48.0 Å². The number of hydrogen-bond acceptors (Lipinski definition) is 4. The van der Waals surface area contributed by atoms with Crippen molar-refractivity contribution in [3.63, 3.8) is 0 Å². The molecule has 146 valence electrons. The lowest BCUT2D eigenvalue weighted by molar-refractivity contribution is 0.0786. The Labute approximate surface area is 173 Å². The molecule has 0 aliphatic carbocycles. The van der Waals surface area contributed by atoms with Crippen molar-refractivity contribution in [1.29, 1.82) is 0 Å². The van der Waals surface area contributed by atoms with Gasteiger partial charge in [0.25, 0.3) is 5.91 Å². The first-order chi connectivity index (χ1) is 13.4. The van der Waals surface area contributed by atoms with E-state index >= 15 is 0 Å². The van der Waals surface area contributed by atoms with Crippen molar-refractivity contribution < 1.29 is 13.2 Å². The minimum Gasteiger partial charge on any atom is -0.337 e. The highest BCUT2D eigenvalue weighted by atomic mass is 35.5. The van der Waals surface area contributed by atoms with Crippen molar-refractivity contribution in [2.24, 2.45) is 0 Å². The number of carbonyl (C=O) groups is 1. The van der Waals surface area contributed by atoms with Crippen molar-refractivity contribution in [1.82, 2.24) is 9.62 Å². The van der Waals surface area contributed by atoms with Crippen LogP contribution >= 0.6 is 22.9 Å². The van der Waals surface area contributed by atoms with Crippen LogP contribution in [-0.4, -0.2) is 26.3 Å². The maximum atomic E-state index is 12.7. The molecule has 5 nitrogen and oxygen atoms in total. The van der Waals surface area contributed by atoms with Gasteiger partial charge in [0.15, 0.2) is 0 Å². The summed E-state index contributed by atoms with van der Waals surface area (Å²) in [5.41, 5.74) is 1.09. The first kappa shape index (κ1) is 20.5. The summed E-state index contributed by atoms with van der Waals surface area (Å²) in [6.07, 6.45) is 0. The summed E-state index contributed by atoms with van der Waals surface area (Å²) in [5, 5.41) is 2.01. The molecule has 1 amide bonds. The molecule has 1 N–H and O–H groups in total. The highest BCUT2D eigenvalue weighted by Crippen LogP contribution is 2.24. The van der Waals surface area contributed by atoms with E-state index < -0.39 is 10.0 Å². The molecule has 0 radical (unpaired) electrons. The predicted octanol–water partition coefficient (Wildman–Crippen LogP) is 4.15. The second-order valence-electron chi connectivity index (χ2n) is 6.20. The molecule has 28 heavy (non-hydrogen) atoms. The maximum absolute atomic E-state index is 12.7. The number of thiophene rings is 1. The molecule has 0 fully saturated rings. The average molecular weight is 435 g/mol. The van der Waals surface area contributed by atoms with Crippen LogP contribution in [0.15, 0.2) is 70.9 Å². The van der Waals surface area contributed by atoms with Gasteiger partial charge < -0.3 is 4.90 Å². The number of benzene rings is 2. The Morgan fingerprint density at radius 1 is 1.11 bits per heavy atom. The number of nitrogens with zero attached hydrogens (tertiary/aromatic N) is 1. The number of rotatable bonds is 7. The van der Waals surface area contributed by atoms with Gasteiger partial charge in [-0.05, 0) is 35.2 Å². The summed E-state index contributed by atoms with van der Waals surface area (Å²) in [7, 11) is -2.19. The minimum absolute atomic E-state index is 0.0676. The Morgan fingerprint density at radius 3 is 2.54 bits per heavy atom. The Bertz CT molecular complexity index is 1050. The number of amides is 1. The molecule has 2 aromatic carbocycles. The molecular formula is C20H19ClN2O3S2. The van der Waals surface area contributed by atoms with E-state index in [-0.39, 0.29) is 27.9 Å². The zero-order valence-corrected chi connectivity index (χ0v) is 17.5. The number of halogens is 1. The third-order valence-electron chi connectivity index (χ3n) is 4.10. The standard InChI is InChI=1S/C20H19ClN2O3S2/c1-23(14-17-8-5-11-27-17)20(24)16-9-10-18(21)19(12-16)28(25,26)22-13-15-6-3-2-4-7-15/h2-12,22H,13-14H2,1H3. The topological polar surface area (TPSA) is 66.5 Å². The monoisotopic (exact) mass is 434 g/mol. The third kappa shape index (κ3) is 4.99. The zero-order valence-electron chi connectivity index (χ0n) is 15.1. The van der Waals surface area contributed by atoms with Crippen LogP contribution in [0.25, 0.3) is 0 Å². The highest BCUT2D eigenvalue weighted by Gasteiger charge is 2.21. The molecule has 0 atom stereocenters. The lowest BCUT2D eigenvalue weighted by atomic mass is 10.2. The fourth-order valence-electron chi connectivity index (χ4n) is 2.62. The fourth-order valence-corrected chi connectivity index (χ4v) is 4.92. The van der Waals surface area contributed by atoms with Gasteiger partial charge in [0.2, 0.25) is 10.0 Å². The molecule has 0 aliphatic heterocycles. The van der Waals surface area contributed by atoms with E-state index in [1.165, 1.54) is 18.2 Å². The van der Waals surface area contributed by atoms with Gasteiger partial charge in [0.1, 0.15) is 4.90 Å². The van der Waals surface area contributed by atoms with Gasteiger partial charge >= 0.3 is 0 Å². The van der Waals surface area contributed by atoms with E-state index in [4.69, 9.17) is 11.6 Å². The van der Waals surface area contributed by atoms with E-state index in [2.05, 4.69) is 4.72 Å². The van der Waals surface area contributed by atoms with Gasteiger partial charge in [-0.25, -0.2) is 13.1 Å². The van der Waals surface area contributed by atoms with Gasteiger partial charge in [0.05, 0.1) is 11.6 Å². The van der Waals surface area contributed by atoms with Crippen LogP contribution in [0.4, 0.5) is 0 Å². The van der Waals surface area contributed by atoms with Crippen molar-refractivity contribution in [2.45, 2.75) is 18.0 Å². The Hall–Kier alpha value is -2.19. The van der Waals surface area contributed by atoms with Crippen molar-refractivity contribution in [3.05, 3.63) is 87.1 Å². The molecule has 0 bridgehead atoms. The Balaban J connectivity index is 1.79. The average Bonchev–Trinajstić information content (AvgIpc) is 3.20. The second-order valence-corrected chi connectivity index (χ2v) is 9.37. The summed E-state index contributed by atoms with van der Waals surface area (Å²) in [5.74, 6) is -0.274. The minimum atomic E-state index is -3.87. The number of nitrogens with one attached hydrogen (secondary N) is 1. The van der Waals surface area contributed by atoms with Crippen LogP contribution in [0.3, 0.4) is 0 Å². The van der Waals surface area contributed by atoms with Crippen LogP contribution in [-0.2, 0) is 23.1 Å². The van der Waals surface area contributed by atoms with Gasteiger partial charge in [-0.2, -0.15) is 0 Å². The molecule has 0 unspecified atom stereocenters. The molecule has 0 saturated carbocycles. The number of hydrogen-bond donors (Lipinski definition) is 1. The Kier molecular flexibility index (Phi) is 6.51. The van der Waals surface area contributed by atoms with E-state index in [1.54, 1.807) is 23.3 Å². The molecule has 1 heterocycles. The van der Waals surface area contributed by atoms with Crippen LogP contribution in [0.1, 0.15) is 20.8 Å². The van der Waals surface area contributed by atoms with Crippen LogP contribution in [0, 0.1) is 0 Å². The van der Waals surface area contributed by atoms with E-state index in [1.807, 2.05) is 47.8 Å². The van der Waals surface area contributed by atoms with Crippen LogP contribution < -0.4 is 4.72 Å². The summed E-state index contributed by atoms with van der Waals surface area (Å²) >= 11 is 7.68. The molecule has 3 aromatic rings. The predicted molar refractivity (Wildman–Crippen MR) is 112 cm³/mol. The lowest BCUT2D eigenvalue weighted by Crippen LogP contribution is -2.27. The molecule has 1 aromatic heterocycles. The van der Waals surface area contributed by atoms with Crippen molar-refractivity contribution in [2.75, 3.05) is 7.05 Å². The quantitative estimate of drug-likeness (QED) is 0.607. The third-order valence-corrected chi connectivity index (χ3v) is 6.84. The molecule has 8 heteroatoms. The molecular weight excluding hydrogens is 416 g/mol. The molecule has 0 aliphatic rings. The second kappa shape index (κ2) is 8.87. The van der Waals surface area contributed by atoms with Gasteiger partial charge in [0, 0.05) is 24.0 Å². The fraction of sp³-hybridized carbons (Fsp3) is 0.150. The summed E-state index contributed by atoms with van der Waals surface area (Å²) in [6.45, 7) is 0.587. The number of carbonyl (C=O) groups excluding carboxylic acids is 1. The Morgan fingerprint density at radius 2 is 1.86 bits per heavy atom. The summed E-state index contributed by atoms with van der Waals surface area (Å²) in [6, 6.07) is 17.3. The first-order valence-corrected chi connectivity index (χ1v) is 11.2. The lowest BCUT2D eigenvalue weighted by Gasteiger charge is -2.17. The first-order valence-electron chi connectivity index (χ1n) is 8.48.